The molecule has 2 aromatic heterocycles. The van der Waals surface area contributed by atoms with Crippen molar-refractivity contribution in [1.29, 1.82) is 0 Å². The Morgan fingerprint density at radius 1 is 0.882 bits per heavy atom. The highest BCUT2D eigenvalue weighted by atomic mass is 32.2. The highest BCUT2D eigenvalue weighted by Gasteiger charge is 2.24. The van der Waals surface area contributed by atoms with Crippen LogP contribution in [0.4, 0.5) is 0 Å². The van der Waals surface area contributed by atoms with Crippen LogP contribution in [0.15, 0.2) is 84.0 Å². The average molecular weight is 474 g/mol. The maximum atomic E-state index is 13.0. The van der Waals surface area contributed by atoms with E-state index < -0.39 is 15.9 Å². The number of nitrogens with zero attached hydrogens (tertiary/aromatic N) is 2. The van der Waals surface area contributed by atoms with Gasteiger partial charge in [-0.2, -0.15) is 8.42 Å². The molecule has 172 valence electrons. The lowest BCUT2D eigenvalue weighted by Gasteiger charge is -2.14. The van der Waals surface area contributed by atoms with Crippen LogP contribution in [0.25, 0.3) is 11.3 Å². The van der Waals surface area contributed by atoms with E-state index in [1.165, 1.54) is 24.4 Å². The smallest absolute Gasteiger partial charge is 0.281 e. The van der Waals surface area contributed by atoms with E-state index in [2.05, 4.69) is 14.7 Å². The molecule has 34 heavy (non-hydrogen) atoms. The standard InChI is InChI=1S/C26H23N3O4S/c1-17-7-10-20(11-8-17)22-13-12-21(25(30)29-34(31,32)24-6-4-5-15-27-24)26(28-22)33-23-14-9-18(2)16-19(23)3/h4-16H,1-3H3,(H,29,30). The summed E-state index contributed by atoms with van der Waals surface area (Å²) in [6.45, 7) is 5.84. The fourth-order valence-corrected chi connectivity index (χ4v) is 4.25. The monoisotopic (exact) mass is 473 g/mol. The number of carbonyl (C=O) groups excluding carboxylic acids is 1. The van der Waals surface area contributed by atoms with Crippen molar-refractivity contribution < 1.29 is 17.9 Å². The lowest BCUT2D eigenvalue weighted by atomic mass is 10.1. The van der Waals surface area contributed by atoms with Gasteiger partial charge in [-0.1, -0.05) is 53.6 Å². The van der Waals surface area contributed by atoms with Crippen molar-refractivity contribution in [2.75, 3.05) is 0 Å². The molecule has 2 aromatic carbocycles. The second-order valence-corrected chi connectivity index (χ2v) is 9.52. The summed E-state index contributed by atoms with van der Waals surface area (Å²) in [6, 6.07) is 21.0. The van der Waals surface area contributed by atoms with Gasteiger partial charge in [0.25, 0.3) is 15.9 Å². The van der Waals surface area contributed by atoms with Gasteiger partial charge in [0.15, 0.2) is 5.03 Å². The Hall–Kier alpha value is -4.04. The van der Waals surface area contributed by atoms with Crippen LogP contribution in [-0.2, 0) is 10.0 Å². The lowest BCUT2D eigenvalue weighted by Crippen LogP contribution is -2.31. The van der Waals surface area contributed by atoms with Crippen molar-refractivity contribution in [3.8, 4) is 22.9 Å². The van der Waals surface area contributed by atoms with Crippen LogP contribution >= 0.6 is 0 Å². The molecule has 0 aliphatic rings. The maximum absolute atomic E-state index is 13.0. The van der Waals surface area contributed by atoms with Crippen LogP contribution in [0, 0.1) is 20.8 Å². The lowest BCUT2D eigenvalue weighted by molar-refractivity contribution is 0.0978. The minimum Gasteiger partial charge on any atom is -0.438 e. The van der Waals surface area contributed by atoms with Gasteiger partial charge in [-0.3, -0.25) is 4.79 Å². The van der Waals surface area contributed by atoms with Crippen molar-refractivity contribution >= 4 is 15.9 Å². The minimum absolute atomic E-state index is 0.00116. The highest BCUT2D eigenvalue weighted by Crippen LogP contribution is 2.30. The molecule has 0 unspecified atom stereocenters. The minimum atomic E-state index is -4.17. The summed E-state index contributed by atoms with van der Waals surface area (Å²) in [5.41, 5.74) is 4.43. The molecule has 0 fully saturated rings. The number of hydrogen-bond donors (Lipinski definition) is 1. The Kier molecular flexibility index (Phi) is 6.43. The molecule has 0 aliphatic heterocycles. The van der Waals surface area contributed by atoms with E-state index in [1.807, 2.05) is 57.2 Å². The summed E-state index contributed by atoms with van der Waals surface area (Å²) in [5.74, 6) is -0.354. The van der Waals surface area contributed by atoms with E-state index in [0.29, 0.717) is 11.4 Å². The zero-order valence-electron chi connectivity index (χ0n) is 18.9. The Bertz CT molecular complexity index is 1450. The van der Waals surface area contributed by atoms with Crippen molar-refractivity contribution in [3.63, 3.8) is 0 Å². The second-order valence-electron chi connectivity index (χ2n) is 7.89. The van der Waals surface area contributed by atoms with E-state index in [0.717, 1.165) is 22.3 Å². The number of sulfonamides is 1. The Morgan fingerprint density at radius 3 is 2.29 bits per heavy atom. The van der Waals surface area contributed by atoms with Gasteiger partial charge in [0.2, 0.25) is 5.88 Å². The van der Waals surface area contributed by atoms with Crippen LogP contribution in [-0.4, -0.2) is 24.3 Å². The number of carbonyl (C=O) groups is 1. The summed E-state index contributed by atoms with van der Waals surface area (Å²) in [6.07, 6.45) is 1.34. The molecule has 0 bridgehead atoms. The number of aryl methyl sites for hydroxylation is 3. The third kappa shape index (κ3) is 5.13. The predicted molar refractivity (Wildman–Crippen MR) is 129 cm³/mol. The number of benzene rings is 2. The molecule has 1 N–H and O–H groups in total. The summed E-state index contributed by atoms with van der Waals surface area (Å²) < 4.78 is 33.4. The number of rotatable bonds is 6. The molecule has 0 saturated heterocycles. The summed E-state index contributed by atoms with van der Waals surface area (Å²) >= 11 is 0. The molecule has 8 heteroatoms. The number of ether oxygens (including phenoxy) is 1. The van der Waals surface area contributed by atoms with E-state index in [-0.39, 0.29) is 16.5 Å². The largest absolute Gasteiger partial charge is 0.438 e. The predicted octanol–water partition coefficient (Wildman–Crippen LogP) is 4.98. The number of aromatic nitrogens is 2. The Labute approximate surface area is 198 Å². The first kappa shape index (κ1) is 23.1. The number of pyridine rings is 2. The number of hydrogen-bond acceptors (Lipinski definition) is 6. The first-order valence-electron chi connectivity index (χ1n) is 10.5. The molecular weight excluding hydrogens is 450 g/mol. The third-order valence-electron chi connectivity index (χ3n) is 5.13. The average Bonchev–Trinajstić information content (AvgIpc) is 2.81. The molecule has 7 nitrogen and oxygen atoms in total. The summed E-state index contributed by atoms with van der Waals surface area (Å²) in [7, 11) is -4.17. The first-order valence-corrected chi connectivity index (χ1v) is 12.0. The zero-order chi connectivity index (χ0) is 24.3. The number of amides is 1. The third-order valence-corrected chi connectivity index (χ3v) is 6.38. The van der Waals surface area contributed by atoms with Gasteiger partial charge in [-0.15, -0.1) is 0 Å². The van der Waals surface area contributed by atoms with E-state index >= 15 is 0 Å². The van der Waals surface area contributed by atoms with Gasteiger partial charge in [0, 0.05) is 11.8 Å². The van der Waals surface area contributed by atoms with Crippen molar-refractivity contribution in [1.82, 2.24) is 14.7 Å². The molecule has 0 radical (unpaired) electrons. The fraction of sp³-hybridized carbons (Fsp3) is 0.115. The fourth-order valence-electron chi connectivity index (χ4n) is 3.33. The van der Waals surface area contributed by atoms with Crippen LogP contribution in [0.1, 0.15) is 27.0 Å². The van der Waals surface area contributed by atoms with Gasteiger partial charge >= 0.3 is 0 Å². The van der Waals surface area contributed by atoms with Crippen LogP contribution < -0.4 is 9.46 Å². The van der Waals surface area contributed by atoms with Gasteiger partial charge in [0.05, 0.1) is 5.69 Å². The van der Waals surface area contributed by atoms with Gasteiger partial charge in [-0.05, 0) is 56.7 Å². The molecule has 4 aromatic rings. The van der Waals surface area contributed by atoms with Crippen molar-refractivity contribution in [2.45, 2.75) is 25.8 Å². The van der Waals surface area contributed by atoms with Gasteiger partial charge in [-0.25, -0.2) is 14.7 Å². The highest BCUT2D eigenvalue weighted by molar-refractivity contribution is 7.90. The Morgan fingerprint density at radius 2 is 1.62 bits per heavy atom. The maximum Gasteiger partial charge on any atom is 0.281 e. The molecule has 0 saturated carbocycles. The van der Waals surface area contributed by atoms with E-state index in [4.69, 9.17) is 4.74 Å². The van der Waals surface area contributed by atoms with Crippen molar-refractivity contribution in [2.24, 2.45) is 0 Å². The topological polar surface area (TPSA) is 98.2 Å². The molecule has 0 atom stereocenters. The van der Waals surface area contributed by atoms with Crippen LogP contribution in [0.5, 0.6) is 11.6 Å². The van der Waals surface area contributed by atoms with Gasteiger partial charge in [0.1, 0.15) is 11.3 Å². The molecule has 0 spiro atoms. The quantitative estimate of drug-likeness (QED) is 0.424. The first-order chi connectivity index (χ1) is 16.2. The molecule has 2 heterocycles. The summed E-state index contributed by atoms with van der Waals surface area (Å²) in [5, 5.41) is -0.260. The molecule has 0 aliphatic carbocycles. The van der Waals surface area contributed by atoms with E-state index in [1.54, 1.807) is 18.2 Å². The molecular formula is C26H23N3O4S. The number of nitrogens with one attached hydrogen (secondary N) is 1. The normalized spacial score (nSPS) is 11.1. The van der Waals surface area contributed by atoms with Crippen LogP contribution in [0.2, 0.25) is 0 Å². The Balaban J connectivity index is 1.74. The SMILES string of the molecule is Cc1ccc(-c2ccc(C(=O)NS(=O)(=O)c3ccccn3)c(Oc3ccc(C)cc3C)n2)cc1. The van der Waals surface area contributed by atoms with E-state index in [9.17, 15) is 13.2 Å². The second kappa shape index (κ2) is 9.44. The van der Waals surface area contributed by atoms with Crippen LogP contribution in [0.3, 0.4) is 0 Å². The van der Waals surface area contributed by atoms with Gasteiger partial charge < -0.3 is 4.74 Å². The molecule has 4 rings (SSSR count). The summed E-state index contributed by atoms with van der Waals surface area (Å²) in [4.78, 5) is 21.4. The molecule has 1 amide bonds. The zero-order valence-corrected chi connectivity index (χ0v) is 19.8. The van der Waals surface area contributed by atoms with Crippen molar-refractivity contribution in [3.05, 3.63) is 101 Å².